The summed E-state index contributed by atoms with van der Waals surface area (Å²) in [6.45, 7) is 2.03. The molecule has 0 saturated heterocycles. The molecule has 2 rings (SSSR count). The van der Waals surface area contributed by atoms with Crippen LogP contribution in [-0.2, 0) is 0 Å². The van der Waals surface area contributed by atoms with E-state index < -0.39 is 0 Å². The first-order chi connectivity index (χ1) is 8.08. The molecule has 1 aromatic heterocycles. The predicted octanol–water partition coefficient (Wildman–Crippen LogP) is 3.25. The maximum Gasteiger partial charge on any atom is 0.245 e. The topological polar surface area (TPSA) is 41.9 Å². The van der Waals surface area contributed by atoms with Gasteiger partial charge in [-0.1, -0.05) is 29.3 Å². The molecule has 4 nitrogen and oxygen atoms in total. The number of aromatic nitrogens is 3. The van der Waals surface area contributed by atoms with Crippen molar-refractivity contribution in [3.05, 3.63) is 40.3 Å². The van der Waals surface area contributed by atoms with Gasteiger partial charge in [0.05, 0.1) is 0 Å². The van der Waals surface area contributed by atoms with E-state index in [-0.39, 0.29) is 10.4 Å². The van der Waals surface area contributed by atoms with Crippen LogP contribution in [0.3, 0.4) is 0 Å². The van der Waals surface area contributed by atoms with Gasteiger partial charge < -0.3 is 4.90 Å². The molecule has 6 heteroatoms. The zero-order chi connectivity index (χ0) is 12.4. The van der Waals surface area contributed by atoms with Crippen molar-refractivity contribution in [3.8, 4) is 0 Å². The molecule has 2 aromatic rings. The quantitative estimate of drug-likeness (QED) is 0.839. The van der Waals surface area contributed by atoms with E-state index >= 15 is 0 Å². The van der Waals surface area contributed by atoms with E-state index in [4.69, 9.17) is 23.2 Å². The number of nitrogens with zero attached hydrogens (tertiary/aromatic N) is 4. The van der Waals surface area contributed by atoms with Crippen LogP contribution < -0.4 is 4.90 Å². The number of aryl methyl sites for hydroxylation is 1. The van der Waals surface area contributed by atoms with Crippen molar-refractivity contribution >= 4 is 34.7 Å². The van der Waals surface area contributed by atoms with Crippen molar-refractivity contribution in [1.82, 2.24) is 15.2 Å². The van der Waals surface area contributed by atoms with Gasteiger partial charge in [-0.25, -0.2) is 0 Å². The van der Waals surface area contributed by atoms with Crippen LogP contribution in [-0.4, -0.2) is 22.2 Å². The standard InChI is InChI=1S/C11H10Cl2N4/c1-7-3-5-8(6-4-7)17(2)10-9(12)15-16-11(13)14-10/h3-6H,1-2H3. The minimum atomic E-state index is 0.0726. The summed E-state index contributed by atoms with van der Waals surface area (Å²) < 4.78 is 0. The van der Waals surface area contributed by atoms with Crippen molar-refractivity contribution in [2.24, 2.45) is 0 Å². The first kappa shape index (κ1) is 12.1. The smallest absolute Gasteiger partial charge is 0.245 e. The van der Waals surface area contributed by atoms with Gasteiger partial charge in [-0.3, -0.25) is 0 Å². The van der Waals surface area contributed by atoms with E-state index in [1.54, 1.807) is 0 Å². The zero-order valence-corrected chi connectivity index (χ0v) is 10.9. The molecule has 0 amide bonds. The Kier molecular flexibility index (Phi) is 3.45. The third kappa shape index (κ3) is 2.65. The van der Waals surface area contributed by atoms with Gasteiger partial charge in [-0.15, -0.1) is 10.2 Å². The number of rotatable bonds is 2. The summed E-state index contributed by atoms with van der Waals surface area (Å²) in [6, 6.07) is 7.97. The minimum absolute atomic E-state index is 0.0726. The van der Waals surface area contributed by atoms with Gasteiger partial charge in [-0.05, 0) is 30.7 Å². The molecule has 0 radical (unpaired) electrons. The monoisotopic (exact) mass is 268 g/mol. The van der Waals surface area contributed by atoms with Crippen LogP contribution in [0.4, 0.5) is 11.5 Å². The molecule has 0 spiro atoms. The lowest BCUT2D eigenvalue weighted by Gasteiger charge is -2.18. The second-order valence-corrected chi connectivity index (χ2v) is 4.29. The summed E-state index contributed by atoms with van der Waals surface area (Å²) in [5, 5.41) is 7.59. The molecule has 0 aliphatic rings. The molecule has 1 heterocycles. The van der Waals surface area contributed by atoms with Crippen LogP contribution in [0.15, 0.2) is 24.3 Å². The highest BCUT2D eigenvalue weighted by Gasteiger charge is 2.12. The lowest BCUT2D eigenvalue weighted by molar-refractivity contribution is 0.949. The van der Waals surface area contributed by atoms with E-state index in [2.05, 4.69) is 15.2 Å². The Bertz CT molecular complexity index is 527. The van der Waals surface area contributed by atoms with Crippen LogP contribution in [0, 0.1) is 6.92 Å². The lowest BCUT2D eigenvalue weighted by atomic mass is 10.2. The van der Waals surface area contributed by atoms with E-state index in [1.165, 1.54) is 5.56 Å². The fourth-order valence-corrected chi connectivity index (χ4v) is 1.71. The number of halogens is 2. The third-order valence-corrected chi connectivity index (χ3v) is 2.75. The van der Waals surface area contributed by atoms with Gasteiger partial charge in [0.25, 0.3) is 0 Å². The van der Waals surface area contributed by atoms with Gasteiger partial charge in [0.2, 0.25) is 5.28 Å². The van der Waals surface area contributed by atoms with Crippen LogP contribution in [0.5, 0.6) is 0 Å². The number of hydrogen-bond donors (Lipinski definition) is 0. The van der Waals surface area contributed by atoms with Gasteiger partial charge in [0, 0.05) is 12.7 Å². The Labute approximate surface area is 109 Å². The molecule has 1 aromatic carbocycles. The molecular weight excluding hydrogens is 259 g/mol. The fraction of sp³-hybridized carbons (Fsp3) is 0.182. The summed E-state index contributed by atoms with van der Waals surface area (Å²) in [7, 11) is 1.84. The third-order valence-electron chi connectivity index (χ3n) is 2.34. The normalized spacial score (nSPS) is 10.4. The highest BCUT2D eigenvalue weighted by atomic mass is 35.5. The van der Waals surface area contributed by atoms with Crippen molar-refractivity contribution < 1.29 is 0 Å². The van der Waals surface area contributed by atoms with E-state index in [1.807, 2.05) is 43.1 Å². The van der Waals surface area contributed by atoms with Gasteiger partial charge in [-0.2, -0.15) is 4.98 Å². The first-order valence-electron chi connectivity index (χ1n) is 4.94. The summed E-state index contributed by atoms with van der Waals surface area (Å²) >= 11 is 11.6. The first-order valence-corrected chi connectivity index (χ1v) is 5.69. The molecule has 88 valence electrons. The summed E-state index contributed by atoms with van der Waals surface area (Å²) in [6.07, 6.45) is 0. The van der Waals surface area contributed by atoms with Crippen LogP contribution in [0.2, 0.25) is 10.4 Å². The van der Waals surface area contributed by atoms with Gasteiger partial charge in [0.1, 0.15) is 0 Å². The van der Waals surface area contributed by atoms with E-state index in [9.17, 15) is 0 Å². The molecule has 0 fully saturated rings. The van der Waals surface area contributed by atoms with Crippen LogP contribution in [0.25, 0.3) is 0 Å². The Morgan fingerprint density at radius 2 is 1.71 bits per heavy atom. The number of benzene rings is 1. The van der Waals surface area contributed by atoms with E-state index in [0.29, 0.717) is 5.82 Å². The maximum atomic E-state index is 5.94. The Morgan fingerprint density at radius 3 is 2.35 bits per heavy atom. The average Bonchev–Trinajstić information content (AvgIpc) is 2.32. The molecule has 17 heavy (non-hydrogen) atoms. The number of anilines is 2. The zero-order valence-electron chi connectivity index (χ0n) is 9.35. The molecular formula is C11H10Cl2N4. The van der Waals surface area contributed by atoms with E-state index in [0.717, 1.165) is 5.69 Å². The summed E-state index contributed by atoms with van der Waals surface area (Å²) in [5.41, 5.74) is 2.14. The van der Waals surface area contributed by atoms with Crippen molar-refractivity contribution in [2.45, 2.75) is 6.92 Å². The number of hydrogen-bond acceptors (Lipinski definition) is 4. The van der Waals surface area contributed by atoms with Crippen LogP contribution >= 0.6 is 23.2 Å². The highest BCUT2D eigenvalue weighted by molar-refractivity contribution is 6.32. The molecule has 0 aliphatic heterocycles. The minimum Gasteiger partial charge on any atom is -0.327 e. The Morgan fingerprint density at radius 1 is 1.06 bits per heavy atom. The van der Waals surface area contributed by atoms with Crippen LogP contribution in [0.1, 0.15) is 5.56 Å². The van der Waals surface area contributed by atoms with Crippen molar-refractivity contribution in [3.63, 3.8) is 0 Å². The fourth-order valence-electron chi connectivity index (χ4n) is 1.39. The SMILES string of the molecule is Cc1ccc(N(C)c2nc(Cl)nnc2Cl)cc1. The Hall–Kier alpha value is -1.39. The van der Waals surface area contributed by atoms with Crippen molar-refractivity contribution in [2.75, 3.05) is 11.9 Å². The summed E-state index contributed by atoms with van der Waals surface area (Å²) in [5.74, 6) is 0.482. The largest absolute Gasteiger partial charge is 0.327 e. The predicted molar refractivity (Wildman–Crippen MR) is 69.1 cm³/mol. The molecule has 0 bridgehead atoms. The molecule has 0 saturated carbocycles. The second kappa shape index (κ2) is 4.85. The van der Waals surface area contributed by atoms with Gasteiger partial charge in [0.15, 0.2) is 11.0 Å². The molecule has 0 N–H and O–H groups in total. The van der Waals surface area contributed by atoms with Gasteiger partial charge >= 0.3 is 0 Å². The maximum absolute atomic E-state index is 5.94. The Balaban J connectivity index is 2.39. The lowest BCUT2D eigenvalue weighted by Crippen LogP contribution is -2.13. The molecule has 0 aliphatic carbocycles. The highest BCUT2D eigenvalue weighted by Crippen LogP contribution is 2.27. The molecule has 0 unspecified atom stereocenters. The average molecular weight is 269 g/mol. The summed E-state index contributed by atoms with van der Waals surface area (Å²) in [4.78, 5) is 5.87. The van der Waals surface area contributed by atoms with Crippen molar-refractivity contribution in [1.29, 1.82) is 0 Å². The molecule has 0 atom stereocenters. The second-order valence-electron chi connectivity index (χ2n) is 3.59.